The Labute approximate surface area is 58.6 Å². The van der Waals surface area contributed by atoms with Crippen LogP contribution in [-0.2, 0) is 21.1 Å². The van der Waals surface area contributed by atoms with E-state index in [1.54, 1.807) is 0 Å². The van der Waals surface area contributed by atoms with Crippen LogP contribution in [0.2, 0.25) is 0 Å². The molecule has 0 bridgehead atoms. The van der Waals surface area contributed by atoms with Crippen LogP contribution in [0.15, 0.2) is 0 Å². The molecule has 0 fully saturated rings. The molecule has 0 saturated heterocycles. The Balaban J connectivity index is 0. The van der Waals surface area contributed by atoms with Crippen LogP contribution in [0.3, 0.4) is 0 Å². The fourth-order valence-electron chi connectivity index (χ4n) is 0. The summed E-state index contributed by atoms with van der Waals surface area (Å²) in [5, 5.41) is 0. The van der Waals surface area contributed by atoms with Crippen LogP contribution in [-0.4, -0.2) is 0 Å². The van der Waals surface area contributed by atoms with Crippen molar-refractivity contribution < 1.29 is 21.1 Å². The van der Waals surface area contributed by atoms with Gasteiger partial charge < -0.3 is 36.9 Å². The summed E-state index contributed by atoms with van der Waals surface area (Å²) in [6.45, 7) is 0. The van der Waals surface area contributed by atoms with Gasteiger partial charge in [-0.1, -0.05) is 0 Å². The Bertz CT molecular complexity index is 4.14. The summed E-state index contributed by atoms with van der Waals surface area (Å²) >= 11 is 0. The molecule has 7 heteroatoms. The molecule has 0 aliphatic carbocycles. The van der Waals surface area contributed by atoms with Crippen molar-refractivity contribution in [2.75, 3.05) is 0 Å². The molecule has 0 heterocycles. The summed E-state index contributed by atoms with van der Waals surface area (Å²) < 4.78 is 0. The molecule has 0 rings (SSSR count). The predicted molar refractivity (Wildman–Crippen MR) is 30.1 cm³/mol. The third-order valence-corrected chi connectivity index (χ3v) is 0. The van der Waals surface area contributed by atoms with Gasteiger partial charge in [-0.25, -0.2) is 0 Å². The smallest absolute Gasteiger partial charge is 0.344 e. The first-order valence-electron chi connectivity index (χ1n) is 0. The van der Waals surface area contributed by atoms with E-state index in [1.807, 2.05) is 0 Å². The molecule has 0 atom stereocenters. The normalized spacial score (nSPS) is 0. The Morgan fingerprint density at radius 3 is 0.286 bits per heavy atom. The van der Waals surface area contributed by atoms with Gasteiger partial charge in [0.1, 0.15) is 0 Å². The zero-order valence-electron chi connectivity index (χ0n) is 4.65. The molecule has 50 valence electrons. The van der Waals surface area contributed by atoms with E-state index >= 15 is 0 Å². The Morgan fingerprint density at radius 1 is 0.286 bits per heavy atom. The molecule has 0 aromatic rings. The number of hydrogen-bond donors (Lipinski definition) is 6. The molecule has 6 nitrogen and oxygen atoms in total. The molecule has 7 heavy (non-hydrogen) atoms. The summed E-state index contributed by atoms with van der Waals surface area (Å²) in [5.41, 5.74) is 0. The topological polar surface area (TPSA) is 210 Å². The summed E-state index contributed by atoms with van der Waals surface area (Å²) in [6, 6.07) is 0. The van der Waals surface area contributed by atoms with Gasteiger partial charge >= 0.3 is 21.1 Å². The molecule has 0 aromatic heterocycles. The minimum atomic E-state index is 0. The zero-order chi connectivity index (χ0) is 0. The molecule has 0 aromatic carbocycles. The van der Waals surface area contributed by atoms with Crippen LogP contribution in [0.1, 0.15) is 0 Å². The summed E-state index contributed by atoms with van der Waals surface area (Å²) in [7, 11) is 0. The number of hydrogen-bond acceptors (Lipinski definition) is 6. The largest absolute Gasteiger partial charge is 4.00 e. The minimum Gasteiger partial charge on any atom is -0.344 e. The maximum atomic E-state index is 0. The predicted octanol–water partition coefficient (Wildman–Crippen LogP) is 0.969. The van der Waals surface area contributed by atoms with Crippen molar-refractivity contribution in [2.24, 2.45) is 0 Å². The van der Waals surface area contributed by atoms with E-state index in [0.717, 1.165) is 0 Å². The molecular formula is H18MoN6+4. The van der Waals surface area contributed by atoms with E-state index in [9.17, 15) is 0 Å². The van der Waals surface area contributed by atoms with E-state index in [0.29, 0.717) is 0 Å². The van der Waals surface area contributed by atoms with E-state index in [1.165, 1.54) is 0 Å². The SMILES string of the molecule is N.N.N.N.N.N.[Mo+4]. The first-order chi connectivity index (χ1) is 0. The van der Waals surface area contributed by atoms with Gasteiger partial charge in [-0.3, -0.25) is 0 Å². The Hall–Kier alpha value is 0.448. The first kappa shape index (κ1) is 1540. The van der Waals surface area contributed by atoms with Crippen LogP contribution < -0.4 is 36.9 Å². The van der Waals surface area contributed by atoms with Crippen molar-refractivity contribution in [3.05, 3.63) is 0 Å². The molecule has 0 aliphatic rings. The average Bonchev–Trinajstić information content (AvgIpc) is 0. The molecule has 0 spiro atoms. The van der Waals surface area contributed by atoms with Gasteiger partial charge in [0.25, 0.3) is 0 Å². The Kier molecular flexibility index (Phi) is 210000. The van der Waals surface area contributed by atoms with Crippen LogP contribution >= 0.6 is 0 Å². The van der Waals surface area contributed by atoms with Crippen molar-refractivity contribution in [3.8, 4) is 0 Å². The van der Waals surface area contributed by atoms with Gasteiger partial charge in [0.05, 0.1) is 0 Å². The van der Waals surface area contributed by atoms with Crippen molar-refractivity contribution in [3.63, 3.8) is 0 Å². The molecule has 0 aliphatic heterocycles. The second-order valence-electron chi connectivity index (χ2n) is 0. The monoisotopic (exact) mass is 200 g/mol. The van der Waals surface area contributed by atoms with Gasteiger partial charge in [-0.2, -0.15) is 0 Å². The third-order valence-electron chi connectivity index (χ3n) is 0. The van der Waals surface area contributed by atoms with Crippen LogP contribution in [0.4, 0.5) is 0 Å². The molecular weight excluding hydrogens is 180 g/mol. The van der Waals surface area contributed by atoms with Gasteiger partial charge in [-0.05, 0) is 0 Å². The van der Waals surface area contributed by atoms with Gasteiger partial charge in [0, 0.05) is 0 Å². The third kappa shape index (κ3) is 635. The van der Waals surface area contributed by atoms with Gasteiger partial charge in [0.15, 0.2) is 0 Å². The summed E-state index contributed by atoms with van der Waals surface area (Å²) in [4.78, 5) is 0. The fraction of sp³-hybridized carbons (Fsp3) is 0. The molecule has 18 N–H and O–H groups in total. The second-order valence-corrected chi connectivity index (χ2v) is 0. The zero-order valence-corrected chi connectivity index (χ0v) is 6.66. The van der Waals surface area contributed by atoms with Crippen LogP contribution in [0.25, 0.3) is 0 Å². The van der Waals surface area contributed by atoms with Crippen molar-refractivity contribution in [1.82, 2.24) is 36.9 Å². The second kappa shape index (κ2) is 952. The average molecular weight is 198 g/mol. The van der Waals surface area contributed by atoms with E-state index in [-0.39, 0.29) is 58.0 Å². The number of rotatable bonds is 0. The van der Waals surface area contributed by atoms with Crippen molar-refractivity contribution in [1.29, 1.82) is 0 Å². The fourth-order valence-corrected chi connectivity index (χ4v) is 0. The van der Waals surface area contributed by atoms with Crippen molar-refractivity contribution in [2.45, 2.75) is 0 Å². The van der Waals surface area contributed by atoms with E-state index in [2.05, 4.69) is 0 Å². The maximum absolute atomic E-state index is 0. The van der Waals surface area contributed by atoms with Crippen LogP contribution in [0, 0.1) is 0 Å². The summed E-state index contributed by atoms with van der Waals surface area (Å²) in [5.74, 6) is 0. The van der Waals surface area contributed by atoms with Crippen molar-refractivity contribution >= 4 is 0 Å². The molecule has 0 saturated carbocycles. The first-order valence-corrected chi connectivity index (χ1v) is 0. The summed E-state index contributed by atoms with van der Waals surface area (Å²) in [6.07, 6.45) is 0. The van der Waals surface area contributed by atoms with E-state index < -0.39 is 0 Å². The van der Waals surface area contributed by atoms with Gasteiger partial charge in [0.2, 0.25) is 0 Å². The minimum absolute atomic E-state index is 0. The molecule has 0 radical (unpaired) electrons. The standard InChI is InChI=1S/Mo.6H3N/h;6*1H3/q+4;;;;;;. The maximum Gasteiger partial charge on any atom is 4.00 e. The molecule has 0 unspecified atom stereocenters. The van der Waals surface area contributed by atoms with E-state index in [4.69, 9.17) is 0 Å². The van der Waals surface area contributed by atoms with Crippen LogP contribution in [0.5, 0.6) is 0 Å². The Morgan fingerprint density at radius 2 is 0.286 bits per heavy atom. The molecule has 0 amide bonds. The van der Waals surface area contributed by atoms with Gasteiger partial charge in [-0.15, -0.1) is 0 Å². The quantitative estimate of drug-likeness (QED) is 0.311.